The molecule has 1 aliphatic rings. The molecule has 0 radical (unpaired) electrons. The molecule has 0 bridgehead atoms. The first-order chi connectivity index (χ1) is 11.3. The van der Waals surface area contributed by atoms with Crippen LogP contribution in [0.2, 0.25) is 0 Å². The van der Waals surface area contributed by atoms with Gasteiger partial charge in [0, 0.05) is 5.69 Å². The number of hydrogen-bond acceptors (Lipinski definition) is 3. The summed E-state index contributed by atoms with van der Waals surface area (Å²) < 4.78 is 40.1. The van der Waals surface area contributed by atoms with Gasteiger partial charge in [-0.2, -0.15) is 0 Å². The van der Waals surface area contributed by atoms with E-state index in [1.807, 2.05) is 0 Å². The van der Waals surface area contributed by atoms with Gasteiger partial charge in [0.05, 0.1) is 12.1 Å². The van der Waals surface area contributed by atoms with E-state index in [0.29, 0.717) is 5.69 Å². The highest BCUT2D eigenvalue weighted by Crippen LogP contribution is 2.29. The molecule has 0 unspecified atom stereocenters. The van der Waals surface area contributed by atoms with E-state index in [0.717, 1.165) is 22.6 Å². The molecule has 0 atom stereocenters. The van der Waals surface area contributed by atoms with Gasteiger partial charge in [0.15, 0.2) is 0 Å². The van der Waals surface area contributed by atoms with E-state index in [1.54, 1.807) is 24.3 Å². The molecule has 0 aliphatic carbocycles. The number of hydrogen-bond donors (Lipinski definition) is 1. The molecule has 1 N–H and O–H groups in total. The molecule has 3 rings (SSSR count). The Balaban J connectivity index is 1.72. The summed E-state index contributed by atoms with van der Waals surface area (Å²) in [7, 11) is 0. The first-order valence-electron chi connectivity index (χ1n) is 6.91. The van der Waals surface area contributed by atoms with Crippen molar-refractivity contribution in [1.29, 1.82) is 0 Å². The summed E-state index contributed by atoms with van der Waals surface area (Å²) >= 11 is 0. The van der Waals surface area contributed by atoms with Crippen LogP contribution in [-0.4, -0.2) is 18.3 Å². The van der Waals surface area contributed by atoms with E-state index in [1.165, 1.54) is 12.1 Å². The molecule has 0 spiro atoms. The Morgan fingerprint density at radius 2 is 1.75 bits per heavy atom. The molecule has 1 aliphatic heterocycles. The second kappa shape index (κ2) is 5.88. The normalized spacial score (nSPS) is 13.6. The number of nitrogens with one attached hydrogen (secondary N) is 1. The van der Waals surface area contributed by atoms with Crippen LogP contribution in [0, 0.1) is 0 Å². The number of halogens is 3. The summed E-state index contributed by atoms with van der Waals surface area (Å²) in [5.74, 6) is -0.770. The zero-order valence-electron chi connectivity index (χ0n) is 12.1. The highest BCUT2D eigenvalue weighted by Gasteiger charge is 2.32. The van der Waals surface area contributed by atoms with Gasteiger partial charge in [-0.25, -0.2) is 9.69 Å². The summed E-state index contributed by atoms with van der Waals surface area (Å²) in [4.78, 5) is 25.3. The molecule has 8 heteroatoms. The van der Waals surface area contributed by atoms with Crippen LogP contribution < -0.4 is 15.0 Å². The van der Waals surface area contributed by atoms with Gasteiger partial charge in [-0.05, 0) is 35.9 Å². The molecular formula is C16H11F3N2O3. The minimum atomic E-state index is -4.78. The predicted molar refractivity (Wildman–Crippen MR) is 79.8 cm³/mol. The van der Waals surface area contributed by atoms with E-state index >= 15 is 0 Å². The maximum atomic E-state index is 12.3. The Hall–Kier alpha value is -3.03. The summed E-state index contributed by atoms with van der Waals surface area (Å²) in [5.41, 5.74) is 1.48. The van der Waals surface area contributed by atoms with Crippen molar-refractivity contribution in [1.82, 2.24) is 0 Å². The number of nitrogens with zero attached hydrogens (tertiary/aromatic N) is 1. The summed E-state index contributed by atoms with van der Waals surface area (Å²) in [6.07, 6.45) is -4.65. The van der Waals surface area contributed by atoms with Crippen LogP contribution in [-0.2, 0) is 11.2 Å². The first kappa shape index (κ1) is 15.9. The van der Waals surface area contributed by atoms with Crippen molar-refractivity contribution in [3.8, 4) is 5.75 Å². The standard InChI is InChI=1S/C16H11F3N2O3/c17-16(18,19)24-12-7-5-11(6-8-12)20-15(23)21-13-4-2-1-3-10(13)9-14(21)22/h1-8H,9H2,(H,20,23). The highest BCUT2D eigenvalue weighted by atomic mass is 19.4. The maximum absolute atomic E-state index is 12.3. The van der Waals surface area contributed by atoms with Gasteiger partial charge in [-0.15, -0.1) is 13.2 Å². The molecule has 2 aromatic rings. The fourth-order valence-corrected chi connectivity index (χ4v) is 2.40. The molecule has 0 saturated heterocycles. The Morgan fingerprint density at radius 3 is 2.42 bits per heavy atom. The lowest BCUT2D eigenvalue weighted by molar-refractivity contribution is -0.274. The number of urea groups is 1. The van der Waals surface area contributed by atoms with Crippen LogP contribution in [0.15, 0.2) is 48.5 Å². The number of anilines is 2. The van der Waals surface area contributed by atoms with E-state index in [-0.39, 0.29) is 18.0 Å². The molecule has 0 fully saturated rings. The average molecular weight is 336 g/mol. The number of carbonyl (C=O) groups excluding carboxylic acids is 2. The SMILES string of the molecule is O=C1Cc2ccccc2N1C(=O)Nc1ccc(OC(F)(F)F)cc1. The number of amides is 3. The second-order valence-corrected chi connectivity index (χ2v) is 5.04. The third-order valence-corrected chi connectivity index (χ3v) is 3.37. The number of ether oxygens (including phenoxy) is 1. The van der Waals surface area contributed by atoms with Gasteiger partial charge < -0.3 is 10.1 Å². The summed E-state index contributed by atoms with van der Waals surface area (Å²) in [6, 6.07) is 10.9. The molecule has 24 heavy (non-hydrogen) atoms. The van der Waals surface area contributed by atoms with Crippen molar-refractivity contribution in [3.05, 3.63) is 54.1 Å². The van der Waals surface area contributed by atoms with E-state index in [9.17, 15) is 22.8 Å². The van der Waals surface area contributed by atoms with Crippen molar-refractivity contribution < 1.29 is 27.5 Å². The summed E-state index contributed by atoms with van der Waals surface area (Å²) in [6.45, 7) is 0. The Bertz CT molecular complexity index is 788. The summed E-state index contributed by atoms with van der Waals surface area (Å²) in [5, 5.41) is 2.47. The quantitative estimate of drug-likeness (QED) is 0.910. The van der Waals surface area contributed by atoms with Gasteiger partial charge in [0.2, 0.25) is 5.91 Å². The van der Waals surface area contributed by atoms with Crippen LogP contribution in [0.3, 0.4) is 0 Å². The first-order valence-corrected chi connectivity index (χ1v) is 6.91. The Labute approximate surface area is 134 Å². The van der Waals surface area contributed by atoms with Crippen LogP contribution in [0.4, 0.5) is 29.3 Å². The fourth-order valence-electron chi connectivity index (χ4n) is 2.40. The lowest BCUT2D eigenvalue weighted by Gasteiger charge is -2.16. The van der Waals surface area contributed by atoms with Gasteiger partial charge in [0.25, 0.3) is 0 Å². The van der Waals surface area contributed by atoms with Crippen molar-refractivity contribution in [3.63, 3.8) is 0 Å². The Morgan fingerprint density at radius 1 is 1.08 bits per heavy atom. The monoisotopic (exact) mass is 336 g/mol. The molecule has 124 valence electrons. The largest absolute Gasteiger partial charge is 0.573 e. The number of rotatable bonds is 2. The lowest BCUT2D eigenvalue weighted by Crippen LogP contribution is -2.37. The maximum Gasteiger partial charge on any atom is 0.573 e. The van der Waals surface area contributed by atoms with Crippen LogP contribution >= 0.6 is 0 Å². The van der Waals surface area contributed by atoms with Crippen molar-refractivity contribution in [2.75, 3.05) is 10.2 Å². The Kier molecular flexibility index (Phi) is 3.88. The second-order valence-electron chi connectivity index (χ2n) is 5.04. The van der Waals surface area contributed by atoms with Crippen LogP contribution in [0.25, 0.3) is 0 Å². The minimum absolute atomic E-state index is 0.127. The zero-order valence-corrected chi connectivity index (χ0v) is 12.1. The van der Waals surface area contributed by atoms with E-state index in [4.69, 9.17) is 0 Å². The number of imide groups is 1. The minimum Gasteiger partial charge on any atom is -0.406 e. The highest BCUT2D eigenvalue weighted by molar-refractivity contribution is 6.22. The molecule has 1 heterocycles. The average Bonchev–Trinajstić information content (AvgIpc) is 2.83. The number of benzene rings is 2. The number of carbonyl (C=O) groups is 2. The van der Waals surface area contributed by atoms with Crippen molar-refractivity contribution in [2.24, 2.45) is 0 Å². The fraction of sp³-hybridized carbons (Fsp3) is 0.125. The van der Waals surface area contributed by atoms with Crippen LogP contribution in [0.1, 0.15) is 5.56 Å². The van der Waals surface area contributed by atoms with Gasteiger partial charge in [-0.1, -0.05) is 18.2 Å². The molecule has 0 aromatic heterocycles. The van der Waals surface area contributed by atoms with Gasteiger partial charge >= 0.3 is 12.4 Å². The van der Waals surface area contributed by atoms with Gasteiger partial charge in [0.1, 0.15) is 5.75 Å². The third-order valence-electron chi connectivity index (χ3n) is 3.37. The smallest absolute Gasteiger partial charge is 0.406 e. The molecule has 3 amide bonds. The molecule has 0 saturated carbocycles. The third kappa shape index (κ3) is 3.32. The molecule has 2 aromatic carbocycles. The number of alkyl halides is 3. The van der Waals surface area contributed by atoms with Crippen molar-refractivity contribution >= 4 is 23.3 Å². The van der Waals surface area contributed by atoms with Gasteiger partial charge in [-0.3, -0.25) is 4.79 Å². The topological polar surface area (TPSA) is 58.6 Å². The van der Waals surface area contributed by atoms with E-state index in [2.05, 4.69) is 10.1 Å². The predicted octanol–water partition coefficient (Wildman–Crippen LogP) is 3.71. The number of para-hydroxylation sites is 1. The van der Waals surface area contributed by atoms with E-state index < -0.39 is 18.1 Å². The molecular weight excluding hydrogens is 325 g/mol. The zero-order chi connectivity index (χ0) is 17.3. The van der Waals surface area contributed by atoms with Crippen molar-refractivity contribution in [2.45, 2.75) is 12.8 Å². The number of fused-ring (bicyclic) bond motifs is 1. The lowest BCUT2D eigenvalue weighted by atomic mass is 10.2. The molecule has 5 nitrogen and oxygen atoms in total. The van der Waals surface area contributed by atoms with Crippen LogP contribution in [0.5, 0.6) is 5.75 Å².